The Morgan fingerprint density at radius 1 is 1.37 bits per heavy atom. The summed E-state index contributed by atoms with van der Waals surface area (Å²) < 4.78 is 4.83. The number of methoxy groups -OCH3 is 1. The van der Waals surface area contributed by atoms with Crippen LogP contribution in [0.1, 0.15) is 36.8 Å². The molecule has 0 bridgehead atoms. The number of nitrogens with one attached hydrogen (secondary N) is 2. The van der Waals surface area contributed by atoms with Crippen molar-refractivity contribution in [3.63, 3.8) is 0 Å². The third kappa shape index (κ3) is 3.78. The summed E-state index contributed by atoms with van der Waals surface area (Å²) in [6, 6.07) is 5.89. The van der Waals surface area contributed by atoms with Crippen molar-refractivity contribution in [3.05, 3.63) is 52.6 Å². The minimum atomic E-state index is -0.727. The molecule has 8 heteroatoms. The Morgan fingerprint density at radius 2 is 2.11 bits per heavy atom. The molecule has 0 radical (unpaired) electrons. The number of carbonyl (C=O) groups excluding carboxylic acids is 2. The number of aromatic amines is 1. The number of aromatic nitrogens is 2. The number of imidazole rings is 1. The molecule has 2 atom stereocenters. The molecule has 0 saturated heterocycles. The van der Waals surface area contributed by atoms with E-state index in [1.807, 2.05) is 32.0 Å². The van der Waals surface area contributed by atoms with E-state index in [1.54, 1.807) is 17.3 Å². The standard InChI is InChI=1S/C19H23ClN4O3/c1-11(2)15(18(25)27-3)23-19(26)24-9-8-14-16(22-10-21-14)17(24)12-6-4-5-7-13(12)20/h4-7,10-11,15,17H,8-9H2,1-3H3,(H,21,22)(H,23,26)/t15-,17-/m1/s1. The fraction of sp³-hybridized carbons (Fsp3) is 0.421. The van der Waals surface area contributed by atoms with Crippen LogP contribution in [-0.2, 0) is 16.0 Å². The molecule has 0 saturated carbocycles. The highest BCUT2D eigenvalue weighted by atomic mass is 35.5. The molecule has 1 aromatic carbocycles. The van der Waals surface area contributed by atoms with E-state index in [0.717, 1.165) is 17.0 Å². The van der Waals surface area contributed by atoms with Gasteiger partial charge in [0.15, 0.2) is 0 Å². The van der Waals surface area contributed by atoms with Gasteiger partial charge in [0.1, 0.15) is 12.1 Å². The minimum absolute atomic E-state index is 0.106. The van der Waals surface area contributed by atoms with Crippen molar-refractivity contribution in [2.45, 2.75) is 32.4 Å². The number of urea groups is 1. The SMILES string of the molecule is COC(=O)[C@H](NC(=O)N1CCc2[nH]cnc2[C@H]1c1ccccc1Cl)C(C)C. The van der Waals surface area contributed by atoms with Crippen LogP contribution in [0.3, 0.4) is 0 Å². The number of rotatable bonds is 4. The summed E-state index contributed by atoms with van der Waals surface area (Å²) in [6.45, 7) is 4.19. The molecule has 2 N–H and O–H groups in total. The lowest BCUT2D eigenvalue weighted by molar-refractivity contribution is -0.144. The Hall–Kier alpha value is -2.54. The number of carbonyl (C=O) groups is 2. The highest BCUT2D eigenvalue weighted by Crippen LogP contribution is 2.36. The summed E-state index contributed by atoms with van der Waals surface area (Å²) in [5, 5.41) is 3.37. The highest BCUT2D eigenvalue weighted by molar-refractivity contribution is 6.31. The van der Waals surface area contributed by atoms with Gasteiger partial charge in [0, 0.05) is 23.7 Å². The number of fused-ring (bicyclic) bond motifs is 1. The van der Waals surface area contributed by atoms with Gasteiger partial charge in [0.05, 0.1) is 19.1 Å². The quantitative estimate of drug-likeness (QED) is 0.786. The summed E-state index contributed by atoms with van der Waals surface area (Å²) in [7, 11) is 1.31. The predicted octanol–water partition coefficient (Wildman–Crippen LogP) is 2.92. The van der Waals surface area contributed by atoms with Crippen molar-refractivity contribution >= 4 is 23.6 Å². The lowest BCUT2D eigenvalue weighted by Gasteiger charge is -2.36. The predicted molar refractivity (Wildman–Crippen MR) is 101 cm³/mol. The molecule has 7 nitrogen and oxygen atoms in total. The van der Waals surface area contributed by atoms with Crippen LogP contribution in [0.25, 0.3) is 0 Å². The average Bonchev–Trinajstić information content (AvgIpc) is 3.13. The Balaban J connectivity index is 1.95. The van der Waals surface area contributed by atoms with E-state index in [9.17, 15) is 9.59 Å². The first kappa shape index (κ1) is 19.2. The van der Waals surface area contributed by atoms with Crippen molar-refractivity contribution in [3.8, 4) is 0 Å². The number of H-pyrrole nitrogens is 1. The normalized spacial score (nSPS) is 17.4. The molecular weight excluding hydrogens is 368 g/mol. The highest BCUT2D eigenvalue weighted by Gasteiger charge is 2.37. The number of ether oxygens (including phenoxy) is 1. The number of nitrogens with zero attached hydrogens (tertiary/aromatic N) is 2. The van der Waals surface area contributed by atoms with E-state index >= 15 is 0 Å². The van der Waals surface area contributed by atoms with E-state index in [2.05, 4.69) is 15.3 Å². The summed E-state index contributed by atoms with van der Waals surface area (Å²) in [6.07, 6.45) is 2.27. The van der Waals surface area contributed by atoms with Gasteiger partial charge < -0.3 is 19.9 Å². The Labute approximate surface area is 163 Å². The zero-order valence-electron chi connectivity index (χ0n) is 15.5. The summed E-state index contributed by atoms with van der Waals surface area (Å²) in [5.74, 6) is -0.573. The number of hydrogen-bond acceptors (Lipinski definition) is 4. The summed E-state index contributed by atoms with van der Waals surface area (Å²) >= 11 is 6.42. The van der Waals surface area contributed by atoms with E-state index in [4.69, 9.17) is 16.3 Å². The lowest BCUT2D eigenvalue weighted by Crippen LogP contribution is -2.53. The van der Waals surface area contributed by atoms with Crippen molar-refractivity contribution in [2.24, 2.45) is 5.92 Å². The average molecular weight is 391 g/mol. The van der Waals surface area contributed by atoms with Crippen LogP contribution in [-0.4, -0.2) is 46.6 Å². The number of esters is 1. The minimum Gasteiger partial charge on any atom is -0.467 e. The van der Waals surface area contributed by atoms with Crippen LogP contribution in [0, 0.1) is 5.92 Å². The molecule has 2 heterocycles. The molecule has 1 aliphatic heterocycles. The molecule has 0 aliphatic carbocycles. The van der Waals surface area contributed by atoms with Crippen LogP contribution >= 0.6 is 11.6 Å². The maximum Gasteiger partial charge on any atom is 0.328 e. The van der Waals surface area contributed by atoms with Gasteiger partial charge in [0.25, 0.3) is 0 Å². The molecule has 0 spiro atoms. The van der Waals surface area contributed by atoms with E-state index < -0.39 is 18.1 Å². The zero-order chi connectivity index (χ0) is 19.6. The van der Waals surface area contributed by atoms with Gasteiger partial charge in [-0.2, -0.15) is 0 Å². The second kappa shape index (κ2) is 8.00. The van der Waals surface area contributed by atoms with Crippen molar-refractivity contribution in [1.29, 1.82) is 0 Å². The van der Waals surface area contributed by atoms with Gasteiger partial charge in [-0.05, 0) is 17.5 Å². The first-order chi connectivity index (χ1) is 12.9. The van der Waals surface area contributed by atoms with Gasteiger partial charge in [-0.1, -0.05) is 43.6 Å². The Bertz CT molecular complexity index is 836. The van der Waals surface area contributed by atoms with Gasteiger partial charge in [-0.3, -0.25) is 0 Å². The topological polar surface area (TPSA) is 87.3 Å². The summed E-state index contributed by atoms with van der Waals surface area (Å²) in [5.41, 5.74) is 2.54. The van der Waals surface area contributed by atoms with Gasteiger partial charge in [-0.25, -0.2) is 14.6 Å². The maximum atomic E-state index is 13.1. The molecule has 1 aliphatic rings. The van der Waals surface area contributed by atoms with Crippen LogP contribution in [0.5, 0.6) is 0 Å². The van der Waals surface area contributed by atoms with Crippen LogP contribution in [0.2, 0.25) is 5.02 Å². The van der Waals surface area contributed by atoms with Crippen LogP contribution in [0.4, 0.5) is 4.79 Å². The second-order valence-electron chi connectivity index (χ2n) is 6.83. The molecule has 3 rings (SSSR count). The Morgan fingerprint density at radius 3 is 2.78 bits per heavy atom. The van der Waals surface area contributed by atoms with E-state index in [1.165, 1.54) is 7.11 Å². The molecule has 1 aromatic heterocycles. The lowest BCUT2D eigenvalue weighted by atomic mass is 9.95. The van der Waals surface area contributed by atoms with Crippen molar-refractivity contribution in [2.75, 3.05) is 13.7 Å². The molecule has 2 aromatic rings. The Kier molecular flexibility index (Phi) is 5.70. The molecular formula is C19H23ClN4O3. The molecule has 27 heavy (non-hydrogen) atoms. The molecule has 2 amide bonds. The third-order valence-electron chi connectivity index (χ3n) is 4.79. The summed E-state index contributed by atoms with van der Waals surface area (Å²) in [4.78, 5) is 34.4. The molecule has 144 valence electrons. The first-order valence-corrected chi connectivity index (χ1v) is 9.23. The smallest absolute Gasteiger partial charge is 0.328 e. The molecule has 0 fully saturated rings. The number of benzene rings is 1. The maximum absolute atomic E-state index is 13.1. The number of hydrogen-bond donors (Lipinski definition) is 2. The number of halogens is 1. The van der Waals surface area contributed by atoms with Gasteiger partial charge in [0.2, 0.25) is 0 Å². The van der Waals surface area contributed by atoms with Crippen LogP contribution in [0.15, 0.2) is 30.6 Å². The monoisotopic (exact) mass is 390 g/mol. The molecule has 0 unspecified atom stereocenters. The van der Waals surface area contributed by atoms with Gasteiger partial charge in [-0.15, -0.1) is 0 Å². The number of amides is 2. The third-order valence-corrected chi connectivity index (χ3v) is 5.13. The zero-order valence-corrected chi connectivity index (χ0v) is 16.3. The second-order valence-corrected chi connectivity index (χ2v) is 7.24. The van der Waals surface area contributed by atoms with E-state index in [0.29, 0.717) is 18.0 Å². The first-order valence-electron chi connectivity index (χ1n) is 8.85. The van der Waals surface area contributed by atoms with E-state index in [-0.39, 0.29) is 11.9 Å². The fourth-order valence-electron chi connectivity index (χ4n) is 3.35. The largest absolute Gasteiger partial charge is 0.467 e. The fourth-order valence-corrected chi connectivity index (χ4v) is 3.59. The van der Waals surface area contributed by atoms with Gasteiger partial charge >= 0.3 is 12.0 Å². The van der Waals surface area contributed by atoms with Crippen molar-refractivity contribution < 1.29 is 14.3 Å². The van der Waals surface area contributed by atoms with Crippen LogP contribution < -0.4 is 5.32 Å². The van der Waals surface area contributed by atoms with Crippen molar-refractivity contribution in [1.82, 2.24) is 20.2 Å².